The quantitative estimate of drug-likeness (QED) is 0.703. The number of esters is 1. The van der Waals surface area contributed by atoms with Crippen LogP contribution < -0.4 is 10.5 Å². The summed E-state index contributed by atoms with van der Waals surface area (Å²) in [5.74, 6) is -2.80. The van der Waals surface area contributed by atoms with E-state index in [1.165, 1.54) is 0 Å². The van der Waals surface area contributed by atoms with E-state index in [4.69, 9.17) is 21.5 Å². The third kappa shape index (κ3) is 5.75. The highest BCUT2D eigenvalue weighted by molar-refractivity contribution is 7.89. The molecule has 3 N–H and O–H groups in total. The fraction of sp³-hybridized carbons (Fsp3) is 0.176. The minimum atomic E-state index is -4.12. The van der Waals surface area contributed by atoms with Crippen molar-refractivity contribution < 1.29 is 27.1 Å². The van der Waals surface area contributed by atoms with Crippen molar-refractivity contribution in [3.63, 3.8) is 0 Å². The van der Waals surface area contributed by atoms with E-state index in [9.17, 15) is 22.4 Å². The fourth-order valence-corrected chi connectivity index (χ4v) is 2.83. The molecule has 0 heterocycles. The third-order valence-electron chi connectivity index (χ3n) is 3.57. The second-order valence-electron chi connectivity index (χ2n) is 5.60. The highest BCUT2D eigenvalue weighted by atomic mass is 35.5. The zero-order valence-electron chi connectivity index (χ0n) is 14.1. The Balaban J connectivity index is 1.99. The molecule has 0 aliphatic heterocycles. The van der Waals surface area contributed by atoms with Gasteiger partial charge in [0.25, 0.3) is 5.91 Å². The molecular weight excluding hydrogens is 399 g/mol. The molecule has 0 fully saturated rings. The molecule has 1 amide bonds. The highest BCUT2D eigenvalue weighted by Crippen LogP contribution is 2.17. The average Bonchev–Trinajstić information content (AvgIpc) is 2.59. The van der Waals surface area contributed by atoms with Crippen molar-refractivity contribution in [2.75, 3.05) is 6.61 Å². The SMILES string of the molecule is C[C@H](NC(=O)COC(=O)c1cc(S(N)(=O)=O)ccc1F)c1ccc(Cl)cc1. The molecule has 2 aromatic rings. The Labute approximate surface area is 160 Å². The summed E-state index contributed by atoms with van der Waals surface area (Å²) in [5, 5.41) is 8.10. The maximum Gasteiger partial charge on any atom is 0.341 e. The van der Waals surface area contributed by atoms with Crippen LogP contribution in [0, 0.1) is 5.82 Å². The van der Waals surface area contributed by atoms with E-state index in [1.54, 1.807) is 31.2 Å². The van der Waals surface area contributed by atoms with Crippen LogP contribution in [-0.4, -0.2) is 26.9 Å². The molecule has 0 aliphatic carbocycles. The Hall–Kier alpha value is -2.49. The molecule has 27 heavy (non-hydrogen) atoms. The second-order valence-corrected chi connectivity index (χ2v) is 7.60. The Morgan fingerprint density at radius 3 is 2.44 bits per heavy atom. The standard InChI is InChI=1S/C17H16ClFN2O5S/c1-10(11-2-4-12(18)5-3-11)21-16(22)9-26-17(23)14-8-13(27(20,24)25)6-7-15(14)19/h2-8,10H,9H2,1H3,(H,21,22)(H2,20,24,25)/t10-/m0/s1. The average molecular weight is 415 g/mol. The molecule has 0 aromatic heterocycles. The van der Waals surface area contributed by atoms with E-state index >= 15 is 0 Å². The van der Waals surface area contributed by atoms with Crippen molar-refractivity contribution in [1.82, 2.24) is 5.32 Å². The van der Waals surface area contributed by atoms with Gasteiger partial charge in [-0.15, -0.1) is 0 Å². The molecule has 144 valence electrons. The lowest BCUT2D eigenvalue weighted by atomic mass is 10.1. The minimum absolute atomic E-state index is 0.379. The van der Waals surface area contributed by atoms with Crippen LogP contribution in [0.2, 0.25) is 5.02 Å². The molecule has 10 heteroatoms. The van der Waals surface area contributed by atoms with Crippen LogP contribution >= 0.6 is 11.6 Å². The molecule has 0 radical (unpaired) electrons. The molecule has 2 aromatic carbocycles. The Bertz CT molecular complexity index is 964. The second kappa shape index (κ2) is 8.47. The van der Waals surface area contributed by atoms with Crippen LogP contribution in [0.25, 0.3) is 0 Å². The van der Waals surface area contributed by atoms with E-state index in [0.29, 0.717) is 5.02 Å². The summed E-state index contributed by atoms with van der Waals surface area (Å²) < 4.78 is 41.1. The molecule has 0 bridgehead atoms. The van der Waals surface area contributed by atoms with Crippen LogP contribution in [-0.2, 0) is 19.6 Å². The number of benzene rings is 2. The minimum Gasteiger partial charge on any atom is -0.452 e. The number of carbonyl (C=O) groups is 2. The molecule has 1 atom stereocenters. The van der Waals surface area contributed by atoms with Gasteiger partial charge in [0.05, 0.1) is 16.5 Å². The first-order chi connectivity index (χ1) is 12.6. The van der Waals surface area contributed by atoms with Crippen LogP contribution in [0.3, 0.4) is 0 Å². The third-order valence-corrected chi connectivity index (χ3v) is 4.73. The number of halogens is 2. The lowest BCUT2D eigenvalue weighted by Gasteiger charge is -2.14. The van der Waals surface area contributed by atoms with Gasteiger partial charge >= 0.3 is 5.97 Å². The van der Waals surface area contributed by atoms with Gasteiger partial charge in [0, 0.05) is 5.02 Å². The van der Waals surface area contributed by atoms with E-state index in [-0.39, 0.29) is 6.04 Å². The molecule has 0 saturated heterocycles. The number of sulfonamides is 1. The number of primary sulfonamides is 1. The van der Waals surface area contributed by atoms with Crippen LogP contribution in [0.5, 0.6) is 0 Å². The molecule has 0 spiro atoms. The number of carbonyl (C=O) groups excluding carboxylic acids is 2. The summed E-state index contributed by atoms with van der Waals surface area (Å²) in [7, 11) is -4.12. The molecule has 0 aliphatic rings. The van der Waals surface area contributed by atoms with Crippen molar-refractivity contribution >= 4 is 33.5 Å². The number of nitrogens with two attached hydrogens (primary N) is 1. The molecule has 7 nitrogen and oxygen atoms in total. The largest absolute Gasteiger partial charge is 0.452 e. The first kappa shape index (κ1) is 20.8. The van der Waals surface area contributed by atoms with Crippen LogP contribution in [0.1, 0.15) is 28.9 Å². The number of amides is 1. The number of hydrogen-bond acceptors (Lipinski definition) is 5. The van der Waals surface area contributed by atoms with Gasteiger partial charge in [-0.1, -0.05) is 23.7 Å². The molecule has 0 unspecified atom stereocenters. The van der Waals surface area contributed by atoms with Gasteiger partial charge in [-0.25, -0.2) is 22.7 Å². The van der Waals surface area contributed by atoms with Gasteiger partial charge in [0.1, 0.15) is 5.82 Å². The predicted molar refractivity (Wildman–Crippen MR) is 96.1 cm³/mol. The topological polar surface area (TPSA) is 116 Å². The Morgan fingerprint density at radius 2 is 1.85 bits per heavy atom. The van der Waals surface area contributed by atoms with Crippen molar-refractivity contribution in [2.45, 2.75) is 17.9 Å². The summed E-state index contributed by atoms with van der Waals surface area (Å²) in [6, 6.07) is 8.86. The summed E-state index contributed by atoms with van der Waals surface area (Å²) in [5.41, 5.74) is 0.144. The predicted octanol–water partition coefficient (Wildman–Crippen LogP) is 2.16. The van der Waals surface area contributed by atoms with E-state index in [0.717, 1.165) is 23.8 Å². The fourth-order valence-electron chi connectivity index (χ4n) is 2.16. The van der Waals surface area contributed by atoms with Gasteiger partial charge in [-0.05, 0) is 42.8 Å². The molecule has 2 rings (SSSR count). The summed E-state index contributed by atoms with van der Waals surface area (Å²) in [6.07, 6.45) is 0. The van der Waals surface area contributed by atoms with Crippen molar-refractivity contribution in [3.05, 3.63) is 64.4 Å². The molecule has 0 saturated carbocycles. The zero-order valence-corrected chi connectivity index (χ0v) is 15.7. The smallest absolute Gasteiger partial charge is 0.341 e. The number of hydrogen-bond donors (Lipinski definition) is 2. The van der Waals surface area contributed by atoms with E-state index in [2.05, 4.69) is 5.32 Å². The Kier molecular flexibility index (Phi) is 6.53. The Morgan fingerprint density at radius 1 is 1.22 bits per heavy atom. The maximum atomic E-state index is 13.7. The number of rotatable bonds is 6. The van der Waals surface area contributed by atoms with Crippen molar-refractivity contribution in [3.8, 4) is 0 Å². The van der Waals surface area contributed by atoms with Crippen molar-refractivity contribution in [1.29, 1.82) is 0 Å². The first-order valence-electron chi connectivity index (χ1n) is 7.62. The van der Waals surface area contributed by atoms with E-state index < -0.39 is 44.8 Å². The summed E-state index contributed by atoms with van der Waals surface area (Å²) in [6.45, 7) is 1.05. The summed E-state index contributed by atoms with van der Waals surface area (Å²) in [4.78, 5) is 23.4. The number of nitrogens with one attached hydrogen (secondary N) is 1. The van der Waals surface area contributed by atoms with Crippen LogP contribution in [0.4, 0.5) is 4.39 Å². The van der Waals surface area contributed by atoms with Gasteiger partial charge in [-0.3, -0.25) is 4.79 Å². The lowest BCUT2D eigenvalue weighted by molar-refractivity contribution is -0.124. The van der Waals surface area contributed by atoms with Crippen LogP contribution in [0.15, 0.2) is 47.4 Å². The maximum absolute atomic E-state index is 13.7. The first-order valence-corrected chi connectivity index (χ1v) is 9.54. The lowest BCUT2D eigenvalue weighted by Crippen LogP contribution is -2.31. The van der Waals surface area contributed by atoms with Gasteiger partial charge in [0.2, 0.25) is 10.0 Å². The van der Waals surface area contributed by atoms with Gasteiger partial charge in [0.15, 0.2) is 6.61 Å². The van der Waals surface area contributed by atoms with Crippen molar-refractivity contribution in [2.24, 2.45) is 5.14 Å². The van der Waals surface area contributed by atoms with E-state index in [1.807, 2.05) is 0 Å². The number of ether oxygens (including phenoxy) is 1. The molecular formula is C17H16ClFN2O5S. The summed E-state index contributed by atoms with van der Waals surface area (Å²) >= 11 is 5.80. The van der Waals surface area contributed by atoms with Gasteiger partial charge < -0.3 is 10.1 Å². The normalized spacial score (nSPS) is 12.3. The highest BCUT2D eigenvalue weighted by Gasteiger charge is 2.19. The monoisotopic (exact) mass is 414 g/mol. The van der Waals surface area contributed by atoms with Gasteiger partial charge in [-0.2, -0.15) is 0 Å². The zero-order chi connectivity index (χ0) is 20.2.